The number of ether oxygens (including phenoxy) is 1. The molecule has 0 amide bonds. The van der Waals surface area contributed by atoms with Crippen LogP contribution in [0.4, 0.5) is 4.39 Å². The second kappa shape index (κ2) is 7.33. The Morgan fingerprint density at radius 2 is 2.10 bits per heavy atom. The molecule has 21 heavy (non-hydrogen) atoms. The maximum atomic E-state index is 13.9. The number of hydrogen-bond donors (Lipinski definition) is 1. The second-order valence-corrected chi connectivity index (χ2v) is 4.99. The molecule has 0 aliphatic carbocycles. The fourth-order valence-electron chi connectivity index (χ4n) is 2.06. The predicted octanol–water partition coefficient (Wildman–Crippen LogP) is 3.17. The largest absolute Gasteiger partial charge is 0.480 e. The third-order valence-electron chi connectivity index (χ3n) is 3.12. The zero-order valence-electron chi connectivity index (χ0n) is 11.9. The lowest BCUT2D eigenvalue weighted by Gasteiger charge is -2.17. The van der Waals surface area contributed by atoms with E-state index in [0.717, 1.165) is 12.2 Å². The number of rotatable bonds is 6. The Morgan fingerprint density at radius 1 is 1.29 bits per heavy atom. The van der Waals surface area contributed by atoms with Crippen LogP contribution in [0.2, 0.25) is 5.02 Å². The molecule has 0 saturated heterocycles. The highest BCUT2D eigenvalue weighted by Crippen LogP contribution is 2.21. The first-order valence-electron chi connectivity index (χ1n) is 6.69. The molecule has 0 spiro atoms. The van der Waals surface area contributed by atoms with Gasteiger partial charge in [-0.1, -0.05) is 24.6 Å². The Kier molecular flexibility index (Phi) is 5.47. The number of halogens is 2. The van der Waals surface area contributed by atoms with Gasteiger partial charge in [-0.25, -0.2) is 4.39 Å². The monoisotopic (exact) mass is 309 g/mol. The molecule has 0 fully saturated rings. The average Bonchev–Trinajstić information content (AvgIpc) is 2.49. The average molecular weight is 310 g/mol. The van der Waals surface area contributed by atoms with Crippen molar-refractivity contribution < 1.29 is 9.13 Å². The molecule has 0 aliphatic heterocycles. The van der Waals surface area contributed by atoms with E-state index in [0.29, 0.717) is 22.9 Å². The van der Waals surface area contributed by atoms with Gasteiger partial charge >= 0.3 is 0 Å². The van der Waals surface area contributed by atoms with Crippen molar-refractivity contribution in [3.63, 3.8) is 0 Å². The molecule has 1 unspecified atom stereocenters. The van der Waals surface area contributed by atoms with E-state index in [4.69, 9.17) is 16.3 Å². The minimum absolute atomic E-state index is 0.121. The summed E-state index contributed by atoms with van der Waals surface area (Å²) in [7, 11) is 1.54. The van der Waals surface area contributed by atoms with Gasteiger partial charge in [-0.05, 0) is 36.7 Å². The van der Waals surface area contributed by atoms with Gasteiger partial charge in [0, 0.05) is 11.1 Å². The number of hydrogen-bond acceptors (Lipinski definition) is 4. The second-order valence-electron chi connectivity index (χ2n) is 4.55. The highest BCUT2D eigenvalue weighted by Gasteiger charge is 2.16. The Morgan fingerprint density at radius 3 is 2.67 bits per heavy atom. The maximum Gasteiger partial charge on any atom is 0.233 e. The van der Waals surface area contributed by atoms with E-state index < -0.39 is 0 Å². The van der Waals surface area contributed by atoms with Crippen molar-refractivity contribution in [2.75, 3.05) is 13.7 Å². The molecule has 6 heteroatoms. The fraction of sp³-hybridized carbons (Fsp3) is 0.333. The summed E-state index contributed by atoms with van der Waals surface area (Å²) >= 11 is 5.77. The minimum Gasteiger partial charge on any atom is -0.480 e. The zero-order valence-corrected chi connectivity index (χ0v) is 12.7. The Labute approximate surface area is 128 Å². The first-order valence-corrected chi connectivity index (χ1v) is 7.06. The summed E-state index contributed by atoms with van der Waals surface area (Å²) in [5.74, 6) is 0.138. The first-order chi connectivity index (χ1) is 10.1. The van der Waals surface area contributed by atoms with E-state index in [9.17, 15) is 4.39 Å². The molecule has 0 saturated carbocycles. The molecule has 0 bridgehead atoms. The number of nitrogens with zero attached hydrogens (tertiary/aromatic N) is 2. The SMILES string of the molecule is CCNC(Cc1ccc(Cl)cc1F)c1ccc(OC)nn1. The van der Waals surface area contributed by atoms with Gasteiger partial charge in [0.1, 0.15) is 5.82 Å². The van der Waals surface area contributed by atoms with E-state index in [1.54, 1.807) is 18.2 Å². The fourth-order valence-corrected chi connectivity index (χ4v) is 2.22. The Bertz CT molecular complexity index is 592. The molecule has 1 atom stereocenters. The van der Waals surface area contributed by atoms with Crippen LogP contribution in [-0.4, -0.2) is 23.9 Å². The van der Waals surface area contributed by atoms with Crippen molar-refractivity contribution in [2.45, 2.75) is 19.4 Å². The molecule has 2 aromatic rings. The van der Waals surface area contributed by atoms with Crippen LogP contribution in [0.25, 0.3) is 0 Å². The van der Waals surface area contributed by atoms with Crippen molar-refractivity contribution >= 4 is 11.6 Å². The van der Waals surface area contributed by atoms with Gasteiger partial charge < -0.3 is 10.1 Å². The van der Waals surface area contributed by atoms with E-state index >= 15 is 0 Å². The van der Waals surface area contributed by atoms with Crippen molar-refractivity contribution in [3.8, 4) is 5.88 Å². The van der Waals surface area contributed by atoms with Crippen molar-refractivity contribution in [2.24, 2.45) is 0 Å². The normalized spacial score (nSPS) is 12.2. The van der Waals surface area contributed by atoms with Gasteiger partial charge in [-0.15, -0.1) is 5.10 Å². The zero-order chi connectivity index (χ0) is 15.2. The number of methoxy groups -OCH3 is 1. The molecule has 112 valence electrons. The van der Waals surface area contributed by atoms with Gasteiger partial charge in [0.15, 0.2) is 0 Å². The summed E-state index contributed by atoms with van der Waals surface area (Å²) in [5.41, 5.74) is 1.33. The van der Waals surface area contributed by atoms with Crippen molar-refractivity contribution in [1.82, 2.24) is 15.5 Å². The number of nitrogens with one attached hydrogen (secondary N) is 1. The molecule has 4 nitrogen and oxygen atoms in total. The lowest BCUT2D eigenvalue weighted by Crippen LogP contribution is -2.24. The van der Waals surface area contributed by atoms with E-state index in [-0.39, 0.29) is 11.9 Å². The molecule has 1 aromatic heterocycles. The Hall–Kier alpha value is -1.72. The van der Waals surface area contributed by atoms with Gasteiger partial charge in [0.25, 0.3) is 0 Å². The summed E-state index contributed by atoms with van der Waals surface area (Å²) in [6, 6.07) is 8.14. The van der Waals surface area contributed by atoms with Gasteiger partial charge in [0.2, 0.25) is 5.88 Å². The Balaban J connectivity index is 2.21. The topological polar surface area (TPSA) is 47.0 Å². The molecule has 2 rings (SSSR count). The van der Waals surface area contributed by atoms with Crippen LogP contribution < -0.4 is 10.1 Å². The predicted molar refractivity (Wildman–Crippen MR) is 80.1 cm³/mol. The number of benzene rings is 1. The standard InChI is InChI=1S/C15H17ClFN3O/c1-3-18-14(13-6-7-15(21-2)20-19-13)8-10-4-5-11(16)9-12(10)17/h4-7,9,14,18H,3,8H2,1-2H3. The van der Waals surface area contributed by atoms with Gasteiger partial charge in [-0.2, -0.15) is 5.10 Å². The third kappa shape index (κ3) is 4.12. The summed E-state index contributed by atoms with van der Waals surface area (Å²) in [5, 5.41) is 11.8. The van der Waals surface area contributed by atoms with Gasteiger partial charge in [0.05, 0.1) is 18.8 Å². The molecule has 1 N–H and O–H groups in total. The number of likely N-dealkylation sites (N-methyl/N-ethyl adjacent to an activating group) is 1. The summed E-state index contributed by atoms with van der Waals surface area (Å²) in [4.78, 5) is 0. The molecular formula is C15H17ClFN3O. The highest BCUT2D eigenvalue weighted by molar-refractivity contribution is 6.30. The van der Waals surface area contributed by atoms with Gasteiger partial charge in [-0.3, -0.25) is 0 Å². The van der Waals surface area contributed by atoms with E-state index in [1.165, 1.54) is 13.2 Å². The molecular weight excluding hydrogens is 293 g/mol. The quantitative estimate of drug-likeness (QED) is 0.890. The highest BCUT2D eigenvalue weighted by atomic mass is 35.5. The lowest BCUT2D eigenvalue weighted by atomic mass is 10.0. The van der Waals surface area contributed by atoms with Crippen molar-refractivity contribution in [1.29, 1.82) is 0 Å². The molecule has 1 heterocycles. The van der Waals surface area contributed by atoms with E-state index in [2.05, 4.69) is 15.5 Å². The maximum absolute atomic E-state index is 13.9. The van der Waals surface area contributed by atoms with Crippen molar-refractivity contribution in [3.05, 3.63) is 52.4 Å². The number of aromatic nitrogens is 2. The van der Waals surface area contributed by atoms with E-state index in [1.807, 2.05) is 13.0 Å². The van der Waals surface area contributed by atoms with Crippen LogP contribution in [0.5, 0.6) is 5.88 Å². The molecule has 0 aliphatic rings. The first kappa shape index (κ1) is 15.7. The smallest absolute Gasteiger partial charge is 0.233 e. The van der Waals surface area contributed by atoms with Crippen LogP contribution in [-0.2, 0) is 6.42 Å². The molecule has 1 aromatic carbocycles. The van der Waals surface area contributed by atoms with Crippen LogP contribution in [0.1, 0.15) is 24.2 Å². The van der Waals surface area contributed by atoms with Crippen LogP contribution in [0.3, 0.4) is 0 Å². The lowest BCUT2D eigenvalue weighted by molar-refractivity contribution is 0.389. The van der Waals surface area contributed by atoms with Crippen LogP contribution >= 0.6 is 11.6 Å². The summed E-state index contributed by atoms with van der Waals surface area (Å²) < 4.78 is 18.9. The summed E-state index contributed by atoms with van der Waals surface area (Å²) in [6.45, 7) is 2.73. The third-order valence-corrected chi connectivity index (χ3v) is 3.35. The van der Waals surface area contributed by atoms with Crippen LogP contribution in [0.15, 0.2) is 30.3 Å². The molecule has 0 radical (unpaired) electrons. The minimum atomic E-state index is -0.313. The van der Waals surface area contributed by atoms with Crippen LogP contribution in [0, 0.1) is 5.82 Å². The summed E-state index contributed by atoms with van der Waals surface area (Å²) in [6.07, 6.45) is 0.470.